The quantitative estimate of drug-likeness (QED) is 0.118. The van der Waals surface area contributed by atoms with Gasteiger partial charge in [-0.1, -0.05) is 259 Å². The summed E-state index contributed by atoms with van der Waals surface area (Å²) in [5.74, 6) is 9.96. The van der Waals surface area contributed by atoms with Crippen LogP contribution in [-0.4, -0.2) is 52.0 Å². The van der Waals surface area contributed by atoms with Crippen LogP contribution < -0.4 is 0 Å². The molecule has 0 heterocycles. The van der Waals surface area contributed by atoms with Crippen LogP contribution in [0.25, 0.3) is 0 Å². The highest BCUT2D eigenvalue weighted by Gasteiger charge is 2.30. The summed E-state index contributed by atoms with van der Waals surface area (Å²) in [6, 6.07) is 20.9. The molecule has 2 aromatic rings. The number of hydrogen-bond donors (Lipinski definition) is 0. The number of ketones is 9. The average molecular weight is 1420 g/mol. The molecule has 0 radical (unpaired) electrons. The summed E-state index contributed by atoms with van der Waals surface area (Å²) in [6.07, 6.45) is 49.7. The molecule has 0 aromatic heterocycles. The lowest BCUT2D eigenvalue weighted by molar-refractivity contribution is -0.125. The normalized spacial score (nSPS) is 22.5. The van der Waals surface area contributed by atoms with Crippen LogP contribution in [0.4, 0.5) is 0 Å². The monoisotopic (exact) mass is 1420 g/mol. The largest absolute Gasteiger partial charge is 0.300 e. The summed E-state index contributed by atoms with van der Waals surface area (Å²) < 4.78 is 0. The van der Waals surface area contributed by atoms with Crippen LogP contribution in [0.5, 0.6) is 0 Å². The zero-order chi connectivity index (χ0) is 76.5. The van der Waals surface area contributed by atoms with E-state index in [1.807, 2.05) is 18.2 Å². The summed E-state index contributed by atoms with van der Waals surface area (Å²) in [7, 11) is 0. The smallest absolute Gasteiger partial charge is 0.133 e. The summed E-state index contributed by atoms with van der Waals surface area (Å²) in [5, 5.41) is 0. The zero-order valence-electron chi connectivity index (χ0n) is 68.6. The van der Waals surface area contributed by atoms with E-state index in [4.69, 9.17) is 0 Å². The lowest BCUT2D eigenvalue weighted by atomic mass is 9.72. The van der Waals surface area contributed by atoms with Gasteiger partial charge >= 0.3 is 0 Å². The molecule has 582 valence electrons. The van der Waals surface area contributed by atoms with Gasteiger partial charge in [-0.3, -0.25) is 28.8 Å². The number of carbonyl (C=O) groups excluding carboxylic acids is 9. The molecule has 2 aromatic carbocycles. The molecule has 102 heavy (non-hydrogen) atoms. The lowest BCUT2D eigenvalue weighted by Gasteiger charge is -2.32. The minimum Gasteiger partial charge on any atom is -0.300 e. The Bertz CT molecular complexity index is 2540. The molecule has 0 N–H and O–H groups in total. The molecule has 0 saturated heterocycles. The maximum absolute atomic E-state index is 11.7. The van der Waals surface area contributed by atoms with Gasteiger partial charge in [-0.25, -0.2) is 0 Å². The Morgan fingerprint density at radius 1 is 0.471 bits per heavy atom. The van der Waals surface area contributed by atoms with Crippen LogP contribution in [0, 0.1) is 58.7 Å². The fourth-order valence-electron chi connectivity index (χ4n) is 15.3. The predicted molar refractivity (Wildman–Crippen MR) is 432 cm³/mol. The second-order valence-corrected chi connectivity index (χ2v) is 33.7. The van der Waals surface area contributed by atoms with Crippen molar-refractivity contribution < 1.29 is 43.2 Å². The number of carbonyl (C=O) groups is 9. The van der Waals surface area contributed by atoms with Crippen molar-refractivity contribution in [1.29, 1.82) is 0 Å². The van der Waals surface area contributed by atoms with Crippen molar-refractivity contribution in [2.75, 3.05) is 0 Å². The van der Waals surface area contributed by atoms with E-state index >= 15 is 0 Å². The first-order valence-corrected chi connectivity index (χ1v) is 41.8. The molecule has 6 aliphatic rings. The van der Waals surface area contributed by atoms with E-state index in [0.29, 0.717) is 105 Å². The minimum atomic E-state index is 0.273. The molecular formula is C93H156O9. The number of aryl methyl sites for hydroxylation is 1. The second-order valence-electron chi connectivity index (χ2n) is 33.7. The standard InChI is InChI=1S/C16H30O.C13H16O.C12H14O.C11H22O.C9H16O.C9H14O.C9H18O.C7H12O.C7H14O/c1-15-12-10-8-6-4-2-3-5-7-9-11-13-16(17)14-15;14-13-9-8-12(10-13)7-6-11-4-2-1-3-5-11;13-12-8-4-7-11(9-12)10-5-2-1-3-6-10;1-9(2)6-5-7-10(3)8-11(4)12;1-7-4-8(10)6-9(2,3)5-7;1-2-4-8-5-3-6-9(10)7-8;1-4-6-9(5-2)7-8(3)10;1-6-3-2-4-7(8)5-6;1-4-6(2)5-7(3)8/h15H,2-14H2,1H3;1-5,12H,6-10H2;1-3,5-6,11H,4,7-9H2;9-10H,5-8H2,1-4H3;7H,4-6H2,1-3H3;2,8H,1,3-7H2;9H,4-7H2,1-3H3;6H,2-5H2,1H3;6H,4-5H2,1-3H3. The Morgan fingerprint density at radius 2 is 0.931 bits per heavy atom. The van der Waals surface area contributed by atoms with Gasteiger partial charge in [-0.2, -0.15) is 0 Å². The Labute approximate surface area is 627 Å². The zero-order valence-corrected chi connectivity index (χ0v) is 68.6. The van der Waals surface area contributed by atoms with Gasteiger partial charge in [0.15, 0.2) is 0 Å². The number of Topliss-reactive ketones (excluding diaryl/α,β-unsaturated/α-hetero) is 9. The Morgan fingerprint density at radius 3 is 1.38 bits per heavy atom. The molecule has 9 heteroatoms. The van der Waals surface area contributed by atoms with Gasteiger partial charge in [0.25, 0.3) is 0 Å². The lowest BCUT2D eigenvalue weighted by Crippen LogP contribution is -2.27. The molecule has 6 fully saturated rings. The van der Waals surface area contributed by atoms with Gasteiger partial charge < -0.3 is 14.4 Å². The van der Waals surface area contributed by atoms with E-state index < -0.39 is 0 Å². The maximum Gasteiger partial charge on any atom is 0.133 e. The number of hydrogen-bond acceptors (Lipinski definition) is 9. The van der Waals surface area contributed by atoms with Crippen molar-refractivity contribution in [3.8, 4) is 0 Å². The predicted octanol–water partition coefficient (Wildman–Crippen LogP) is 25.9. The highest BCUT2D eigenvalue weighted by molar-refractivity contribution is 5.82. The van der Waals surface area contributed by atoms with Crippen LogP contribution in [-0.2, 0) is 49.6 Å². The van der Waals surface area contributed by atoms with Crippen LogP contribution in [0.3, 0.4) is 0 Å². The highest BCUT2D eigenvalue weighted by Crippen LogP contribution is 2.36. The van der Waals surface area contributed by atoms with Crippen LogP contribution in [0.2, 0.25) is 0 Å². The van der Waals surface area contributed by atoms with E-state index in [0.717, 1.165) is 160 Å². The van der Waals surface area contributed by atoms with E-state index in [2.05, 4.69) is 138 Å². The van der Waals surface area contributed by atoms with E-state index in [-0.39, 0.29) is 5.41 Å². The third-order valence-corrected chi connectivity index (χ3v) is 21.0. The van der Waals surface area contributed by atoms with Crippen molar-refractivity contribution in [3.05, 3.63) is 84.4 Å². The molecule has 0 spiro atoms. The molecule has 8 rings (SSSR count). The van der Waals surface area contributed by atoms with Crippen LogP contribution in [0.15, 0.2) is 73.3 Å². The molecule has 6 saturated carbocycles. The van der Waals surface area contributed by atoms with E-state index in [1.54, 1.807) is 20.8 Å². The van der Waals surface area contributed by atoms with Crippen molar-refractivity contribution in [2.24, 2.45) is 58.7 Å². The van der Waals surface area contributed by atoms with Gasteiger partial charge in [0.1, 0.15) is 52.0 Å². The molecule has 0 aliphatic heterocycles. The molecule has 0 amide bonds. The third kappa shape index (κ3) is 58.5. The molecule has 9 nitrogen and oxygen atoms in total. The van der Waals surface area contributed by atoms with Crippen LogP contribution in [0.1, 0.15) is 397 Å². The van der Waals surface area contributed by atoms with Gasteiger partial charge in [0.2, 0.25) is 0 Å². The molecular weight excluding hydrogens is 1260 g/mol. The first-order chi connectivity index (χ1) is 48.5. The topological polar surface area (TPSA) is 154 Å². The van der Waals surface area contributed by atoms with E-state index in [9.17, 15) is 43.2 Å². The third-order valence-electron chi connectivity index (χ3n) is 21.0. The van der Waals surface area contributed by atoms with Gasteiger partial charge in [0, 0.05) is 96.3 Å². The number of allylic oxidation sites excluding steroid dienone is 1. The second kappa shape index (κ2) is 61.4. The summed E-state index contributed by atoms with van der Waals surface area (Å²) >= 11 is 0. The van der Waals surface area contributed by atoms with E-state index in [1.165, 1.54) is 140 Å². The van der Waals surface area contributed by atoms with Crippen LogP contribution >= 0.6 is 0 Å². The van der Waals surface area contributed by atoms with Crippen molar-refractivity contribution in [1.82, 2.24) is 0 Å². The number of rotatable bonds is 20. The fourth-order valence-corrected chi connectivity index (χ4v) is 15.3. The summed E-state index contributed by atoms with van der Waals surface area (Å²) in [5.41, 5.74) is 3.00. The SMILES string of the molecule is C=CCC1CCCC(=O)C1.CC(=O)CC(C)CCCC(C)C.CC1CC(=O)CC(C)(C)C1.CC1CCCC(=O)C1.CC1CCCCCCCCCCCCC(=O)C1.CCC(C)CC(C)=O.CCCC(CC)CC(C)=O.O=C1CCC(CCc2ccccc2)C1.O=C1CCCC(c2ccccc2)C1. The van der Waals surface area contributed by atoms with Gasteiger partial charge in [-0.05, 0) is 174 Å². The first-order valence-electron chi connectivity index (χ1n) is 41.8. The molecule has 9 atom stereocenters. The summed E-state index contributed by atoms with van der Waals surface area (Å²) in [6.45, 7) is 34.8. The summed E-state index contributed by atoms with van der Waals surface area (Å²) in [4.78, 5) is 98.6. The van der Waals surface area contributed by atoms with Crippen molar-refractivity contribution >= 4 is 52.0 Å². The maximum atomic E-state index is 11.7. The highest BCUT2D eigenvalue weighted by atomic mass is 16.2. The Hall–Kier alpha value is -4.79. The Kier molecular flexibility index (Phi) is 58.5. The van der Waals surface area contributed by atoms with Crippen molar-refractivity contribution in [3.63, 3.8) is 0 Å². The van der Waals surface area contributed by atoms with Gasteiger partial charge in [0.05, 0.1) is 0 Å². The number of benzene rings is 2. The molecule has 0 bridgehead atoms. The van der Waals surface area contributed by atoms with Crippen molar-refractivity contribution in [2.45, 2.75) is 392 Å². The average Bonchev–Trinajstić information content (AvgIpc) is 1.04. The first kappa shape index (κ1) is 97.2. The van der Waals surface area contributed by atoms with Gasteiger partial charge in [-0.15, -0.1) is 6.58 Å². The molecule has 6 aliphatic carbocycles. The molecule has 9 unspecified atom stereocenters. The Balaban J connectivity index is 0.00000114. The minimum absolute atomic E-state index is 0.273. The fraction of sp³-hybridized carbons (Fsp3) is 0.753.